The van der Waals surface area contributed by atoms with Gasteiger partial charge in [0, 0.05) is 6.07 Å². The summed E-state index contributed by atoms with van der Waals surface area (Å²) in [6.07, 6.45) is 4.27. The standard InChI is InChI=1S/C34H45FN4O6/c1-6-34(35)28-17-39(30(34)19(4)40)32(41)29(18(2)3)38-33(42)44-27-15-20-14-23(20)22(27)10-8-7-9-11-25-31(45-28)37-26-16-21(43-5)12-13-24(26)36-25/h12-13,16,18,20,22-23,27-30H,6-11,14-15,17H2,1-5H3,(H,38,42)/t20?,22-,23?,27-,28+,29+,30-,34+/m1/s1. The van der Waals surface area contributed by atoms with E-state index < -0.39 is 41.6 Å². The number of aromatic nitrogens is 2. The first-order valence-corrected chi connectivity index (χ1v) is 16.5. The topological polar surface area (TPSA) is 120 Å². The first-order valence-electron chi connectivity index (χ1n) is 16.5. The van der Waals surface area contributed by atoms with Crippen LogP contribution in [0.4, 0.5) is 9.18 Å². The zero-order chi connectivity index (χ0) is 32.0. The number of hydrogen-bond donors (Lipinski definition) is 1. The van der Waals surface area contributed by atoms with E-state index in [1.165, 1.54) is 18.2 Å². The fraction of sp³-hybridized carbons (Fsp3) is 0.676. The van der Waals surface area contributed by atoms with Crippen LogP contribution < -0.4 is 14.8 Å². The lowest BCUT2D eigenvalue weighted by Gasteiger charge is -2.33. The number of alkyl carbamates (subject to hydrolysis) is 1. The van der Waals surface area contributed by atoms with Crippen molar-refractivity contribution in [3.63, 3.8) is 0 Å². The van der Waals surface area contributed by atoms with Gasteiger partial charge >= 0.3 is 6.09 Å². The Labute approximate surface area is 263 Å². The van der Waals surface area contributed by atoms with Crippen molar-refractivity contribution in [2.75, 3.05) is 13.7 Å². The third-order valence-corrected chi connectivity index (χ3v) is 10.5. The van der Waals surface area contributed by atoms with Crippen LogP contribution in [0.1, 0.15) is 78.3 Å². The number of methoxy groups -OCH3 is 1. The third-order valence-electron chi connectivity index (χ3n) is 10.5. The van der Waals surface area contributed by atoms with Crippen molar-refractivity contribution >= 4 is 28.8 Å². The molecule has 0 spiro atoms. The number of halogens is 1. The Morgan fingerprint density at radius 3 is 2.64 bits per heavy atom. The molecule has 1 aromatic heterocycles. The number of hydrogen-bond acceptors (Lipinski definition) is 8. The minimum Gasteiger partial charge on any atom is -0.497 e. The van der Waals surface area contributed by atoms with Gasteiger partial charge in [-0.15, -0.1) is 0 Å². The maximum atomic E-state index is 17.1. The zero-order valence-electron chi connectivity index (χ0n) is 26.9. The predicted molar refractivity (Wildman–Crippen MR) is 165 cm³/mol. The number of alkyl halides is 1. The number of carbonyl (C=O) groups is 3. The number of Topliss-reactive ketones (excluding diaryl/α,β-unsaturated/α-hetero) is 1. The minimum atomic E-state index is -2.19. The number of aryl methyl sites for hydroxylation is 1. The van der Waals surface area contributed by atoms with Crippen molar-refractivity contribution in [2.24, 2.45) is 23.7 Å². The summed E-state index contributed by atoms with van der Waals surface area (Å²) in [6, 6.07) is 3.03. The monoisotopic (exact) mass is 624 g/mol. The van der Waals surface area contributed by atoms with Crippen molar-refractivity contribution in [2.45, 2.75) is 109 Å². The molecule has 2 amide bonds. The predicted octanol–water partition coefficient (Wildman–Crippen LogP) is 5.20. The smallest absolute Gasteiger partial charge is 0.408 e. The number of fused-ring (bicyclic) bond motifs is 7. The molecule has 2 saturated carbocycles. The lowest BCUT2D eigenvalue weighted by molar-refractivity contribution is -0.142. The van der Waals surface area contributed by atoms with E-state index in [0.717, 1.165) is 32.1 Å². The fourth-order valence-electron chi connectivity index (χ4n) is 7.97. The van der Waals surface area contributed by atoms with Crippen LogP contribution in [0.25, 0.3) is 11.0 Å². The fourth-order valence-corrected chi connectivity index (χ4v) is 7.97. The quantitative estimate of drug-likeness (QED) is 0.493. The molecule has 45 heavy (non-hydrogen) atoms. The Morgan fingerprint density at radius 2 is 1.93 bits per heavy atom. The number of ketones is 1. The number of rotatable bonds is 4. The average molecular weight is 625 g/mol. The molecule has 2 aromatic rings. The van der Waals surface area contributed by atoms with Crippen LogP contribution in [0.5, 0.6) is 11.6 Å². The van der Waals surface area contributed by atoms with Crippen LogP contribution in [-0.4, -0.2) is 76.3 Å². The highest BCUT2D eigenvalue weighted by Gasteiger charge is 2.60. The summed E-state index contributed by atoms with van der Waals surface area (Å²) in [5.41, 5.74) is -0.354. The molecule has 8 atom stereocenters. The molecule has 244 valence electrons. The van der Waals surface area contributed by atoms with Gasteiger partial charge in [-0.3, -0.25) is 9.59 Å². The second kappa shape index (κ2) is 12.4. The van der Waals surface area contributed by atoms with Gasteiger partial charge in [-0.1, -0.05) is 33.6 Å². The maximum Gasteiger partial charge on any atom is 0.408 e. The number of benzene rings is 1. The Kier molecular flexibility index (Phi) is 8.65. The number of ether oxygens (including phenoxy) is 3. The van der Waals surface area contributed by atoms with Crippen molar-refractivity contribution < 1.29 is 33.0 Å². The highest BCUT2D eigenvalue weighted by atomic mass is 19.1. The van der Waals surface area contributed by atoms with Crippen LogP contribution >= 0.6 is 0 Å². The summed E-state index contributed by atoms with van der Waals surface area (Å²) >= 11 is 0. The van der Waals surface area contributed by atoms with E-state index in [9.17, 15) is 14.4 Å². The summed E-state index contributed by atoms with van der Waals surface area (Å²) in [6.45, 7) is 6.37. The molecule has 3 fully saturated rings. The van der Waals surface area contributed by atoms with Crippen LogP contribution in [0.15, 0.2) is 18.2 Å². The van der Waals surface area contributed by atoms with Crippen molar-refractivity contribution in [3.8, 4) is 11.6 Å². The van der Waals surface area contributed by atoms with Crippen LogP contribution in [0.3, 0.4) is 0 Å². The summed E-state index contributed by atoms with van der Waals surface area (Å²) in [4.78, 5) is 51.3. The van der Waals surface area contributed by atoms with Gasteiger partial charge < -0.3 is 24.4 Å². The van der Waals surface area contributed by atoms with Gasteiger partial charge in [0.1, 0.15) is 29.6 Å². The molecule has 0 radical (unpaired) electrons. The van der Waals surface area contributed by atoms with E-state index in [4.69, 9.17) is 24.2 Å². The van der Waals surface area contributed by atoms with Gasteiger partial charge in [0.2, 0.25) is 11.8 Å². The maximum absolute atomic E-state index is 17.1. The second-order valence-electron chi connectivity index (χ2n) is 13.7. The van der Waals surface area contributed by atoms with E-state index >= 15 is 4.39 Å². The molecular formula is C34H45FN4O6. The normalized spacial score (nSPS) is 33.7. The Hall–Kier alpha value is -3.50. The van der Waals surface area contributed by atoms with Crippen molar-refractivity contribution in [3.05, 3.63) is 23.9 Å². The molecule has 11 heteroatoms. The van der Waals surface area contributed by atoms with Crippen molar-refractivity contribution in [1.29, 1.82) is 0 Å². The van der Waals surface area contributed by atoms with E-state index in [2.05, 4.69) is 5.32 Å². The van der Waals surface area contributed by atoms with E-state index in [0.29, 0.717) is 46.7 Å². The first-order chi connectivity index (χ1) is 21.5. The van der Waals surface area contributed by atoms with Gasteiger partial charge in [0.15, 0.2) is 17.6 Å². The summed E-state index contributed by atoms with van der Waals surface area (Å²) < 4.78 is 34.8. The highest BCUT2D eigenvalue weighted by Crippen LogP contribution is 2.57. The van der Waals surface area contributed by atoms with E-state index in [1.807, 2.05) is 26.0 Å². The number of nitrogens with zero attached hydrogens (tertiary/aromatic N) is 3. The van der Waals surface area contributed by atoms with Gasteiger partial charge in [0.05, 0.1) is 24.7 Å². The number of nitrogens with one attached hydrogen (secondary N) is 1. The molecule has 2 unspecified atom stereocenters. The van der Waals surface area contributed by atoms with Crippen LogP contribution in [0.2, 0.25) is 0 Å². The van der Waals surface area contributed by atoms with Gasteiger partial charge in [0.25, 0.3) is 0 Å². The lowest BCUT2D eigenvalue weighted by Crippen LogP contribution is -2.57. The molecule has 2 bridgehead atoms. The number of amides is 2. The molecule has 4 aliphatic rings. The van der Waals surface area contributed by atoms with Gasteiger partial charge in [-0.2, -0.15) is 0 Å². The molecule has 3 heterocycles. The largest absolute Gasteiger partial charge is 0.497 e. The summed E-state index contributed by atoms with van der Waals surface area (Å²) in [7, 11) is 1.57. The highest BCUT2D eigenvalue weighted by molar-refractivity contribution is 5.93. The van der Waals surface area contributed by atoms with Crippen LogP contribution in [0, 0.1) is 23.7 Å². The molecule has 2 aliphatic carbocycles. The Balaban J connectivity index is 1.39. The minimum absolute atomic E-state index is 0.0664. The van der Waals surface area contributed by atoms with Gasteiger partial charge in [-0.25, -0.2) is 19.2 Å². The first kappa shape index (κ1) is 31.5. The SMILES string of the molecule is CC[C@]1(F)[C@@H]2CN(C(=O)[C@H](C(C)C)NC(=O)O[C@@H]3CC4CC4[C@H]3CCCCCc3nc4ccc(OC)cc4nc3O2)[C@@H]1C(C)=O. The molecule has 1 N–H and O–H groups in total. The molecule has 2 aliphatic heterocycles. The Bertz CT molecular complexity index is 1470. The molecule has 1 aromatic carbocycles. The third kappa shape index (κ3) is 5.94. The lowest BCUT2D eigenvalue weighted by atomic mass is 9.88. The Morgan fingerprint density at radius 1 is 1.13 bits per heavy atom. The molecule has 10 nitrogen and oxygen atoms in total. The molecule has 6 rings (SSSR count). The van der Waals surface area contributed by atoms with E-state index in [-0.39, 0.29) is 30.9 Å². The average Bonchev–Trinajstić information content (AvgIpc) is 3.59. The molecular weight excluding hydrogens is 579 g/mol. The zero-order valence-corrected chi connectivity index (χ0v) is 26.9. The summed E-state index contributed by atoms with van der Waals surface area (Å²) in [5, 5.41) is 2.79. The second-order valence-corrected chi connectivity index (χ2v) is 13.7. The van der Waals surface area contributed by atoms with Crippen LogP contribution in [-0.2, 0) is 20.7 Å². The summed E-state index contributed by atoms with van der Waals surface area (Å²) in [5.74, 6) is 0.938. The molecule has 1 saturated heterocycles. The van der Waals surface area contributed by atoms with E-state index in [1.54, 1.807) is 20.1 Å². The van der Waals surface area contributed by atoms with Gasteiger partial charge in [-0.05, 0) is 81.3 Å². The number of carbonyl (C=O) groups excluding carboxylic acids is 3. The van der Waals surface area contributed by atoms with Crippen molar-refractivity contribution in [1.82, 2.24) is 20.2 Å².